The van der Waals surface area contributed by atoms with Crippen LogP contribution >= 0.6 is 11.6 Å². The van der Waals surface area contributed by atoms with Crippen molar-refractivity contribution in [3.05, 3.63) is 160 Å². The zero-order chi connectivity index (χ0) is 37.6. The summed E-state index contributed by atoms with van der Waals surface area (Å²) >= 11 is 6.15. The number of benzene rings is 3. The molecular formula is C41H39ClFN7O4. The van der Waals surface area contributed by atoms with Crippen LogP contribution in [-0.2, 0) is 26.3 Å². The van der Waals surface area contributed by atoms with Gasteiger partial charge in [0.25, 0.3) is 11.8 Å². The van der Waals surface area contributed by atoms with Gasteiger partial charge in [0.05, 0.1) is 35.9 Å². The molecule has 6 aromatic rings. The lowest BCUT2D eigenvalue weighted by Crippen LogP contribution is -2.43. The van der Waals surface area contributed by atoms with Crippen LogP contribution in [0.25, 0.3) is 0 Å². The van der Waals surface area contributed by atoms with Crippen molar-refractivity contribution in [2.75, 3.05) is 13.1 Å². The number of aromatic nitrogens is 5. The fourth-order valence-electron chi connectivity index (χ4n) is 6.44. The number of rotatable bonds is 10. The van der Waals surface area contributed by atoms with Crippen LogP contribution < -0.4 is 9.47 Å². The van der Waals surface area contributed by atoms with Gasteiger partial charge in [0.2, 0.25) is 0 Å². The van der Waals surface area contributed by atoms with E-state index in [2.05, 4.69) is 41.2 Å². The molecule has 276 valence electrons. The van der Waals surface area contributed by atoms with Crippen molar-refractivity contribution < 1.29 is 23.5 Å². The molecule has 2 aliphatic rings. The van der Waals surface area contributed by atoms with E-state index in [1.54, 1.807) is 46.1 Å². The van der Waals surface area contributed by atoms with Crippen molar-refractivity contribution in [1.82, 2.24) is 34.3 Å². The highest BCUT2D eigenvalue weighted by Crippen LogP contribution is 2.30. The number of carbonyl (C=O) groups excluding carboxylic acids is 2. The van der Waals surface area contributed by atoms with E-state index >= 15 is 0 Å². The summed E-state index contributed by atoms with van der Waals surface area (Å²) in [5, 5.41) is 9.57. The largest absolute Gasteiger partial charge is 0.487 e. The SMILES string of the molecule is CC1CN([C@H](C)c2ccccc2)C(=O)c2cc(COc3ccccc3)nn21.O=C1c2cc(COc3ccc(F)cc3)nn2CCN1Cc1ncccc1Cl. The number of carbonyl (C=O) groups is 2. The first-order chi connectivity index (χ1) is 26.2. The summed E-state index contributed by atoms with van der Waals surface area (Å²) in [7, 11) is 0. The van der Waals surface area contributed by atoms with Gasteiger partial charge in [0, 0.05) is 19.3 Å². The highest BCUT2D eigenvalue weighted by molar-refractivity contribution is 6.31. The predicted molar refractivity (Wildman–Crippen MR) is 201 cm³/mol. The van der Waals surface area contributed by atoms with E-state index in [0.29, 0.717) is 66.3 Å². The Morgan fingerprint density at radius 3 is 2.15 bits per heavy atom. The first-order valence-electron chi connectivity index (χ1n) is 17.7. The average molecular weight is 748 g/mol. The summed E-state index contributed by atoms with van der Waals surface area (Å²) in [4.78, 5) is 33.7. The molecule has 1 unspecified atom stereocenters. The monoisotopic (exact) mass is 747 g/mol. The molecule has 3 aromatic carbocycles. The number of amides is 2. The Labute approximate surface area is 317 Å². The number of fused-ring (bicyclic) bond motifs is 2. The maximum absolute atomic E-state index is 13.1. The Morgan fingerprint density at radius 1 is 0.796 bits per heavy atom. The topological polar surface area (TPSA) is 108 Å². The molecule has 13 heteroatoms. The van der Waals surface area contributed by atoms with E-state index in [1.807, 2.05) is 64.2 Å². The molecule has 8 rings (SSSR count). The quantitative estimate of drug-likeness (QED) is 0.143. The number of halogens is 2. The lowest BCUT2D eigenvalue weighted by Gasteiger charge is -2.36. The van der Waals surface area contributed by atoms with Crippen LogP contribution in [0.4, 0.5) is 4.39 Å². The molecule has 0 N–H and O–H groups in total. The van der Waals surface area contributed by atoms with Crippen LogP contribution in [0.1, 0.15) is 69.6 Å². The van der Waals surface area contributed by atoms with E-state index < -0.39 is 0 Å². The highest BCUT2D eigenvalue weighted by Gasteiger charge is 2.34. The van der Waals surface area contributed by atoms with E-state index in [0.717, 1.165) is 17.0 Å². The molecule has 0 spiro atoms. The number of ether oxygens (including phenoxy) is 2. The molecule has 2 atom stereocenters. The molecule has 2 aliphatic heterocycles. The minimum absolute atomic E-state index is 0.0166. The molecule has 3 aromatic heterocycles. The maximum atomic E-state index is 13.1. The summed E-state index contributed by atoms with van der Waals surface area (Å²) in [6.45, 7) is 6.82. The van der Waals surface area contributed by atoms with E-state index in [-0.39, 0.29) is 36.3 Å². The summed E-state index contributed by atoms with van der Waals surface area (Å²) in [6.07, 6.45) is 1.66. The third-order valence-corrected chi connectivity index (χ3v) is 9.66. The second-order valence-electron chi connectivity index (χ2n) is 13.1. The maximum Gasteiger partial charge on any atom is 0.272 e. The molecule has 54 heavy (non-hydrogen) atoms. The Kier molecular flexibility index (Phi) is 11.0. The number of para-hydroxylation sites is 1. The van der Waals surface area contributed by atoms with Gasteiger partial charge in [0.15, 0.2) is 0 Å². The molecule has 0 saturated heterocycles. The number of pyridine rings is 1. The Hall–Kier alpha value is -6.01. The fraction of sp³-hybridized carbons (Fsp3) is 0.244. The molecule has 5 heterocycles. The summed E-state index contributed by atoms with van der Waals surface area (Å²) in [5.74, 6) is 0.909. The Bertz CT molecular complexity index is 2210. The van der Waals surface area contributed by atoms with Crippen molar-refractivity contribution >= 4 is 23.4 Å². The zero-order valence-corrected chi connectivity index (χ0v) is 30.6. The molecular weight excluding hydrogens is 709 g/mol. The second kappa shape index (κ2) is 16.3. The predicted octanol–water partition coefficient (Wildman–Crippen LogP) is 7.55. The van der Waals surface area contributed by atoms with Crippen LogP contribution in [0.2, 0.25) is 5.02 Å². The van der Waals surface area contributed by atoms with Gasteiger partial charge in [-0.05, 0) is 80.1 Å². The third-order valence-electron chi connectivity index (χ3n) is 9.32. The Balaban J connectivity index is 0.000000167. The average Bonchev–Trinajstić information content (AvgIpc) is 3.84. The second-order valence-corrected chi connectivity index (χ2v) is 13.5. The van der Waals surface area contributed by atoms with E-state index in [4.69, 9.17) is 21.1 Å². The fourth-order valence-corrected chi connectivity index (χ4v) is 6.62. The van der Waals surface area contributed by atoms with E-state index in [1.165, 1.54) is 12.1 Å². The third kappa shape index (κ3) is 8.29. The van der Waals surface area contributed by atoms with E-state index in [9.17, 15) is 14.0 Å². The van der Waals surface area contributed by atoms with Gasteiger partial charge in [-0.3, -0.25) is 23.9 Å². The molecule has 11 nitrogen and oxygen atoms in total. The van der Waals surface area contributed by atoms with Gasteiger partial charge in [-0.1, -0.05) is 60.1 Å². The lowest BCUT2D eigenvalue weighted by atomic mass is 10.0. The van der Waals surface area contributed by atoms with Gasteiger partial charge in [-0.2, -0.15) is 10.2 Å². The molecule has 0 fully saturated rings. The van der Waals surface area contributed by atoms with Gasteiger partial charge in [-0.15, -0.1) is 0 Å². The summed E-state index contributed by atoms with van der Waals surface area (Å²) in [5.41, 5.74) is 4.34. The van der Waals surface area contributed by atoms with Gasteiger partial charge in [0.1, 0.15) is 53.3 Å². The van der Waals surface area contributed by atoms with Crippen LogP contribution in [0.3, 0.4) is 0 Å². The number of hydrogen-bond donors (Lipinski definition) is 0. The van der Waals surface area contributed by atoms with Crippen molar-refractivity contribution in [1.29, 1.82) is 0 Å². The van der Waals surface area contributed by atoms with Gasteiger partial charge < -0.3 is 19.3 Å². The first kappa shape index (κ1) is 36.4. The Morgan fingerprint density at radius 2 is 1.44 bits per heavy atom. The molecule has 0 radical (unpaired) electrons. The summed E-state index contributed by atoms with van der Waals surface area (Å²) in [6, 6.07) is 32.8. The lowest BCUT2D eigenvalue weighted by molar-refractivity contribution is 0.0586. The molecule has 2 amide bonds. The smallest absolute Gasteiger partial charge is 0.272 e. The van der Waals surface area contributed by atoms with Crippen molar-refractivity contribution in [3.8, 4) is 11.5 Å². The normalized spacial score (nSPS) is 15.5. The minimum atomic E-state index is -0.321. The van der Waals surface area contributed by atoms with Crippen molar-refractivity contribution in [2.45, 2.75) is 52.2 Å². The van der Waals surface area contributed by atoms with Crippen LogP contribution in [0.15, 0.2) is 115 Å². The van der Waals surface area contributed by atoms with Crippen molar-refractivity contribution in [3.63, 3.8) is 0 Å². The van der Waals surface area contributed by atoms with Crippen molar-refractivity contribution in [2.24, 2.45) is 0 Å². The number of nitrogens with zero attached hydrogens (tertiary/aromatic N) is 7. The summed E-state index contributed by atoms with van der Waals surface area (Å²) < 4.78 is 27.8. The van der Waals surface area contributed by atoms with Gasteiger partial charge >= 0.3 is 0 Å². The van der Waals surface area contributed by atoms with Gasteiger partial charge in [-0.25, -0.2) is 4.39 Å². The molecule has 0 bridgehead atoms. The highest BCUT2D eigenvalue weighted by atomic mass is 35.5. The standard InChI is InChI=1S/C22H23N3O2.C19H16ClFN4O2/c1-16-14-24(17(2)18-9-5-3-6-10-18)22(26)21-13-19(23-25(16)21)15-27-20-11-7-4-8-12-20;20-16-2-1-7-22-17(16)11-24-8-9-25-18(19(24)26)10-14(23-25)12-27-15-5-3-13(21)4-6-15/h3-13,16-17H,14-15H2,1-2H3;1-7,10H,8-9,11-12H2/t16?,17-;/m1./s1. The minimum Gasteiger partial charge on any atom is -0.487 e. The molecule has 0 saturated carbocycles. The first-order valence-corrected chi connectivity index (χ1v) is 18.1. The van der Waals surface area contributed by atoms with Crippen LogP contribution in [0, 0.1) is 5.82 Å². The zero-order valence-electron chi connectivity index (χ0n) is 29.9. The van der Waals surface area contributed by atoms with Crippen LogP contribution in [-0.4, -0.2) is 59.2 Å². The van der Waals surface area contributed by atoms with Crippen LogP contribution in [0.5, 0.6) is 11.5 Å². The molecule has 0 aliphatic carbocycles. The number of hydrogen-bond acceptors (Lipinski definition) is 7.